The van der Waals surface area contributed by atoms with Crippen LogP contribution in [0, 0.1) is 5.82 Å². The summed E-state index contributed by atoms with van der Waals surface area (Å²) in [5.41, 5.74) is 6.93. The molecular formula is C12H14FNO2S. The smallest absolute Gasteiger partial charge is 0.123 e. The molecule has 0 spiro atoms. The molecule has 0 aliphatic carbocycles. The highest BCUT2D eigenvalue weighted by molar-refractivity contribution is 7.80. The lowest BCUT2D eigenvalue weighted by Crippen LogP contribution is -2.16. The first-order valence-corrected chi connectivity index (χ1v) is 5.85. The first-order chi connectivity index (χ1) is 8.16. The van der Waals surface area contributed by atoms with Gasteiger partial charge in [-0.2, -0.15) is 0 Å². The van der Waals surface area contributed by atoms with Crippen molar-refractivity contribution in [1.82, 2.24) is 0 Å². The van der Waals surface area contributed by atoms with Gasteiger partial charge in [-0.3, -0.25) is 0 Å². The van der Waals surface area contributed by atoms with Crippen molar-refractivity contribution in [2.75, 3.05) is 13.2 Å². The van der Waals surface area contributed by atoms with Gasteiger partial charge in [0.1, 0.15) is 10.8 Å². The van der Waals surface area contributed by atoms with Gasteiger partial charge in [-0.1, -0.05) is 12.2 Å². The molecule has 2 N–H and O–H groups in total. The lowest BCUT2D eigenvalue weighted by Gasteiger charge is -2.12. The summed E-state index contributed by atoms with van der Waals surface area (Å²) in [6.45, 7) is 1.62. The Kier molecular flexibility index (Phi) is 4.04. The summed E-state index contributed by atoms with van der Waals surface area (Å²) < 4.78 is 24.0. The van der Waals surface area contributed by atoms with Crippen molar-refractivity contribution in [1.29, 1.82) is 0 Å². The zero-order chi connectivity index (χ0) is 12.3. The van der Waals surface area contributed by atoms with E-state index in [-0.39, 0.29) is 16.9 Å². The Bertz CT molecular complexity index is 419. The molecule has 92 valence electrons. The van der Waals surface area contributed by atoms with Crippen LogP contribution in [0.25, 0.3) is 0 Å². The molecule has 17 heavy (non-hydrogen) atoms. The molecule has 0 aromatic heterocycles. The second-order valence-electron chi connectivity index (χ2n) is 3.96. The van der Waals surface area contributed by atoms with Gasteiger partial charge < -0.3 is 15.2 Å². The molecule has 2 rings (SSSR count). The van der Waals surface area contributed by atoms with Crippen molar-refractivity contribution in [2.45, 2.75) is 19.1 Å². The van der Waals surface area contributed by atoms with Crippen LogP contribution in [0.1, 0.15) is 17.5 Å². The average Bonchev–Trinajstić information content (AvgIpc) is 2.78. The molecule has 0 radical (unpaired) electrons. The van der Waals surface area contributed by atoms with Crippen LogP contribution in [0.5, 0.6) is 0 Å². The molecule has 0 bridgehead atoms. The molecular weight excluding hydrogens is 241 g/mol. The van der Waals surface area contributed by atoms with Gasteiger partial charge in [0.15, 0.2) is 0 Å². The highest BCUT2D eigenvalue weighted by atomic mass is 32.1. The maximum absolute atomic E-state index is 13.1. The van der Waals surface area contributed by atoms with Gasteiger partial charge in [0.25, 0.3) is 0 Å². The molecule has 3 nitrogen and oxygen atoms in total. The summed E-state index contributed by atoms with van der Waals surface area (Å²) in [5, 5.41) is 0. The van der Waals surface area contributed by atoms with Crippen LogP contribution in [0.3, 0.4) is 0 Å². The van der Waals surface area contributed by atoms with Crippen LogP contribution in [0.4, 0.5) is 4.39 Å². The number of halogens is 1. The second-order valence-corrected chi connectivity index (χ2v) is 4.40. The van der Waals surface area contributed by atoms with Gasteiger partial charge in [0, 0.05) is 12.2 Å². The second kappa shape index (κ2) is 5.53. The summed E-state index contributed by atoms with van der Waals surface area (Å²) in [7, 11) is 0. The molecule has 1 aliphatic rings. The van der Waals surface area contributed by atoms with Crippen LogP contribution in [-0.4, -0.2) is 24.3 Å². The van der Waals surface area contributed by atoms with Gasteiger partial charge >= 0.3 is 0 Å². The minimum absolute atomic E-state index is 0.0810. The van der Waals surface area contributed by atoms with Gasteiger partial charge in [-0.15, -0.1) is 0 Å². The Hall–Kier alpha value is -1.04. The zero-order valence-electron chi connectivity index (χ0n) is 9.32. The number of thiocarbonyl (C=S) groups is 1. The minimum atomic E-state index is -0.314. The Balaban J connectivity index is 2.07. The first-order valence-electron chi connectivity index (χ1n) is 5.44. The molecule has 1 saturated heterocycles. The standard InChI is InChI=1S/C12H14FNO2S/c13-9-1-2-11(12(14)17)8(5-9)6-16-10-3-4-15-7-10/h1-2,5,10H,3-4,6-7H2,(H2,14,17). The Morgan fingerprint density at radius 3 is 3.06 bits per heavy atom. The van der Waals surface area contributed by atoms with Crippen molar-refractivity contribution in [3.8, 4) is 0 Å². The van der Waals surface area contributed by atoms with Crippen LogP contribution < -0.4 is 5.73 Å². The third-order valence-electron chi connectivity index (χ3n) is 2.70. The molecule has 1 aromatic carbocycles. The van der Waals surface area contributed by atoms with Gasteiger partial charge in [-0.05, 0) is 30.2 Å². The molecule has 0 amide bonds. The van der Waals surface area contributed by atoms with Crippen molar-refractivity contribution in [3.05, 3.63) is 35.1 Å². The molecule has 5 heteroatoms. The maximum atomic E-state index is 13.1. The quantitative estimate of drug-likeness (QED) is 0.833. The van der Waals surface area contributed by atoms with E-state index in [2.05, 4.69) is 0 Å². The van der Waals surface area contributed by atoms with E-state index in [0.717, 1.165) is 13.0 Å². The van der Waals surface area contributed by atoms with Crippen molar-refractivity contribution >= 4 is 17.2 Å². The van der Waals surface area contributed by atoms with E-state index < -0.39 is 0 Å². The van der Waals surface area contributed by atoms with Crippen molar-refractivity contribution in [2.24, 2.45) is 5.73 Å². The van der Waals surface area contributed by atoms with E-state index in [1.54, 1.807) is 6.07 Å². The number of hydrogen-bond acceptors (Lipinski definition) is 3. The third kappa shape index (κ3) is 3.21. The predicted molar refractivity (Wildman–Crippen MR) is 66.3 cm³/mol. The highest BCUT2D eigenvalue weighted by Gasteiger charge is 2.17. The fourth-order valence-corrected chi connectivity index (χ4v) is 1.97. The molecule has 1 atom stereocenters. The Labute approximate surface area is 105 Å². The Morgan fingerprint density at radius 2 is 2.41 bits per heavy atom. The van der Waals surface area contributed by atoms with E-state index >= 15 is 0 Å². The maximum Gasteiger partial charge on any atom is 0.123 e. The molecule has 1 aromatic rings. The third-order valence-corrected chi connectivity index (χ3v) is 2.92. The summed E-state index contributed by atoms with van der Waals surface area (Å²) in [4.78, 5) is 0.256. The van der Waals surface area contributed by atoms with Crippen LogP contribution >= 0.6 is 12.2 Å². The molecule has 1 fully saturated rings. The van der Waals surface area contributed by atoms with E-state index in [0.29, 0.717) is 24.3 Å². The number of nitrogens with two attached hydrogens (primary N) is 1. The Morgan fingerprint density at radius 1 is 1.59 bits per heavy atom. The van der Waals surface area contributed by atoms with Gasteiger partial charge in [0.2, 0.25) is 0 Å². The number of benzene rings is 1. The van der Waals surface area contributed by atoms with Crippen LogP contribution in [0.2, 0.25) is 0 Å². The SMILES string of the molecule is NC(=S)c1ccc(F)cc1COC1CCOC1. The average molecular weight is 255 g/mol. The summed E-state index contributed by atoms with van der Waals surface area (Å²) in [6.07, 6.45) is 0.954. The van der Waals surface area contributed by atoms with Gasteiger partial charge in [0.05, 0.1) is 19.3 Å². The first kappa shape index (κ1) is 12.4. The van der Waals surface area contributed by atoms with E-state index in [1.165, 1.54) is 12.1 Å². The minimum Gasteiger partial charge on any atom is -0.389 e. The van der Waals surface area contributed by atoms with Gasteiger partial charge in [-0.25, -0.2) is 4.39 Å². The summed E-state index contributed by atoms with van der Waals surface area (Å²) in [6, 6.07) is 4.34. The summed E-state index contributed by atoms with van der Waals surface area (Å²) in [5.74, 6) is -0.314. The molecule has 1 unspecified atom stereocenters. The zero-order valence-corrected chi connectivity index (χ0v) is 10.1. The fraction of sp³-hybridized carbons (Fsp3) is 0.417. The van der Waals surface area contributed by atoms with E-state index in [4.69, 9.17) is 27.4 Å². The van der Waals surface area contributed by atoms with Crippen LogP contribution in [0.15, 0.2) is 18.2 Å². The fourth-order valence-electron chi connectivity index (χ4n) is 1.77. The highest BCUT2D eigenvalue weighted by Crippen LogP contribution is 2.16. The lowest BCUT2D eigenvalue weighted by atomic mass is 10.1. The van der Waals surface area contributed by atoms with E-state index in [9.17, 15) is 4.39 Å². The topological polar surface area (TPSA) is 44.5 Å². The normalized spacial score (nSPS) is 19.5. The lowest BCUT2D eigenvalue weighted by molar-refractivity contribution is 0.0316. The monoisotopic (exact) mass is 255 g/mol. The number of rotatable bonds is 4. The van der Waals surface area contributed by atoms with E-state index in [1.807, 2.05) is 0 Å². The van der Waals surface area contributed by atoms with Crippen molar-refractivity contribution < 1.29 is 13.9 Å². The predicted octanol–water partition coefficient (Wildman–Crippen LogP) is 1.77. The largest absolute Gasteiger partial charge is 0.389 e. The number of hydrogen-bond donors (Lipinski definition) is 1. The van der Waals surface area contributed by atoms with Crippen molar-refractivity contribution in [3.63, 3.8) is 0 Å². The molecule has 0 saturated carbocycles. The molecule has 1 aliphatic heterocycles. The molecule has 1 heterocycles. The number of ether oxygens (including phenoxy) is 2. The summed E-state index contributed by atoms with van der Waals surface area (Å²) >= 11 is 4.92. The van der Waals surface area contributed by atoms with Crippen LogP contribution in [-0.2, 0) is 16.1 Å².